The van der Waals surface area contributed by atoms with Crippen LogP contribution in [0.5, 0.6) is 0 Å². The van der Waals surface area contributed by atoms with E-state index in [1.165, 1.54) is 18.9 Å². The topological polar surface area (TPSA) is 57.0 Å². The first kappa shape index (κ1) is 14.1. The number of nitrogens with zero attached hydrogens (tertiary/aromatic N) is 3. The number of hydrogen-bond donors (Lipinski definition) is 0. The molecule has 0 amide bonds. The van der Waals surface area contributed by atoms with E-state index < -0.39 is 0 Å². The van der Waals surface area contributed by atoms with Crippen LogP contribution in [-0.2, 0) is 16.1 Å². The van der Waals surface area contributed by atoms with E-state index in [1.807, 2.05) is 29.0 Å². The molecule has 0 saturated heterocycles. The minimum atomic E-state index is -0.296. The van der Waals surface area contributed by atoms with Crippen molar-refractivity contribution in [3.8, 4) is 10.7 Å². The summed E-state index contributed by atoms with van der Waals surface area (Å²) >= 11 is 2.99. The number of esters is 1. The molecule has 1 atom stereocenters. The quantitative estimate of drug-likeness (QED) is 0.627. The van der Waals surface area contributed by atoms with Gasteiger partial charge in [-0.05, 0) is 25.3 Å². The Balaban J connectivity index is 2.25. The average Bonchev–Trinajstić information content (AvgIpc) is 3.05. The third-order valence-electron chi connectivity index (χ3n) is 2.59. The normalized spacial score (nSPS) is 12.4. The van der Waals surface area contributed by atoms with Crippen LogP contribution < -0.4 is 0 Å². The fourth-order valence-corrected chi connectivity index (χ4v) is 3.28. The van der Waals surface area contributed by atoms with E-state index in [4.69, 9.17) is 4.74 Å². The lowest BCUT2D eigenvalue weighted by Crippen LogP contribution is -2.15. The lowest BCUT2D eigenvalue weighted by molar-refractivity contribution is -0.139. The Bertz CT molecular complexity index is 551. The van der Waals surface area contributed by atoms with Gasteiger partial charge in [-0.2, -0.15) is 0 Å². The zero-order valence-corrected chi connectivity index (χ0v) is 12.6. The van der Waals surface area contributed by atoms with Gasteiger partial charge < -0.3 is 9.30 Å². The number of thiophene rings is 1. The van der Waals surface area contributed by atoms with Crippen molar-refractivity contribution in [2.75, 3.05) is 7.11 Å². The summed E-state index contributed by atoms with van der Waals surface area (Å²) in [6.45, 7) is 4.60. The van der Waals surface area contributed by atoms with Crippen LogP contribution in [0.15, 0.2) is 22.7 Å². The summed E-state index contributed by atoms with van der Waals surface area (Å²) < 4.78 is 6.73. The van der Waals surface area contributed by atoms with Crippen molar-refractivity contribution in [1.29, 1.82) is 0 Å². The standard InChI is InChI=1S/C12H15N3O2S2/c1-4-15-10(9-6-5-7-18-9)13-14-12(15)19-8(2)11(16)17-3/h5-8H,4H2,1-3H3. The number of hydrogen-bond acceptors (Lipinski definition) is 6. The van der Waals surface area contributed by atoms with Gasteiger partial charge >= 0.3 is 5.97 Å². The van der Waals surface area contributed by atoms with E-state index in [-0.39, 0.29) is 11.2 Å². The van der Waals surface area contributed by atoms with E-state index >= 15 is 0 Å². The largest absolute Gasteiger partial charge is 0.468 e. The molecule has 2 heterocycles. The number of carbonyl (C=O) groups excluding carboxylic acids is 1. The monoisotopic (exact) mass is 297 g/mol. The molecule has 0 aliphatic heterocycles. The molecular formula is C12H15N3O2S2. The van der Waals surface area contributed by atoms with Crippen LogP contribution in [0.3, 0.4) is 0 Å². The van der Waals surface area contributed by atoms with Crippen molar-refractivity contribution in [1.82, 2.24) is 14.8 Å². The second-order valence-corrected chi connectivity index (χ2v) is 6.07. The predicted molar refractivity (Wildman–Crippen MR) is 76.3 cm³/mol. The molecule has 0 N–H and O–H groups in total. The summed E-state index contributed by atoms with van der Waals surface area (Å²) in [6, 6.07) is 4.00. The second-order valence-electron chi connectivity index (χ2n) is 3.81. The first-order valence-corrected chi connectivity index (χ1v) is 7.64. The Morgan fingerprint density at radius 3 is 2.95 bits per heavy atom. The van der Waals surface area contributed by atoms with E-state index in [2.05, 4.69) is 10.2 Å². The maximum atomic E-state index is 11.5. The molecule has 5 nitrogen and oxygen atoms in total. The van der Waals surface area contributed by atoms with Gasteiger partial charge in [0.05, 0.1) is 12.0 Å². The minimum Gasteiger partial charge on any atom is -0.468 e. The molecule has 0 aliphatic rings. The first-order valence-electron chi connectivity index (χ1n) is 5.89. The zero-order valence-electron chi connectivity index (χ0n) is 11.0. The number of rotatable bonds is 5. The van der Waals surface area contributed by atoms with Crippen molar-refractivity contribution in [2.45, 2.75) is 30.8 Å². The smallest absolute Gasteiger partial charge is 0.318 e. The highest BCUT2D eigenvalue weighted by Gasteiger charge is 2.20. The van der Waals surface area contributed by atoms with Gasteiger partial charge in [0.1, 0.15) is 5.25 Å². The van der Waals surface area contributed by atoms with Crippen molar-refractivity contribution >= 4 is 29.1 Å². The van der Waals surface area contributed by atoms with Crippen molar-refractivity contribution in [3.63, 3.8) is 0 Å². The van der Waals surface area contributed by atoms with Gasteiger partial charge in [0.25, 0.3) is 0 Å². The Labute approximate surface area is 120 Å². The van der Waals surface area contributed by atoms with Crippen LogP contribution in [0.4, 0.5) is 0 Å². The van der Waals surface area contributed by atoms with Gasteiger partial charge in [-0.25, -0.2) is 0 Å². The van der Waals surface area contributed by atoms with E-state index in [9.17, 15) is 4.79 Å². The predicted octanol–water partition coefficient (Wildman–Crippen LogP) is 2.68. The Hall–Kier alpha value is -1.34. The summed E-state index contributed by atoms with van der Waals surface area (Å²) in [5, 5.41) is 10.8. The molecule has 0 radical (unpaired) electrons. The number of carbonyl (C=O) groups is 1. The number of ether oxygens (including phenoxy) is 1. The van der Waals surface area contributed by atoms with Gasteiger partial charge in [-0.15, -0.1) is 21.5 Å². The minimum absolute atomic E-state index is 0.256. The lowest BCUT2D eigenvalue weighted by atomic mass is 10.4. The van der Waals surface area contributed by atoms with E-state index in [0.717, 1.165) is 22.4 Å². The molecule has 0 spiro atoms. The van der Waals surface area contributed by atoms with Crippen molar-refractivity contribution < 1.29 is 9.53 Å². The highest BCUT2D eigenvalue weighted by atomic mass is 32.2. The first-order chi connectivity index (χ1) is 9.17. The third-order valence-corrected chi connectivity index (χ3v) is 4.51. The molecule has 0 bridgehead atoms. The van der Waals surface area contributed by atoms with Crippen LogP contribution in [-0.4, -0.2) is 33.1 Å². The van der Waals surface area contributed by atoms with Crippen LogP contribution in [0, 0.1) is 0 Å². The van der Waals surface area contributed by atoms with Crippen LogP contribution >= 0.6 is 23.1 Å². The fourth-order valence-electron chi connectivity index (χ4n) is 1.62. The molecule has 0 aromatic carbocycles. The molecule has 0 saturated carbocycles. The summed E-state index contributed by atoms with van der Waals surface area (Å²) in [5.74, 6) is 0.588. The molecule has 1 unspecified atom stereocenters. The summed E-state index contributed by atoms with van der Waals surface area (Å²) in [6.07, 6.45) is 0. The van der Waals surface area contributed by atoms with Gasteiger partial charge in [0.2, 0.25) is 0 Å². The third kappa shape index (κ3) is 2.98. The number of methoxy groups -OCH3 is 1. The molecule has 19 heavy (non-hydrogen) atoms. The van der Waals surface area contributed by atoms with Crippen LogP contribution in [0.1, 0.15) is 13.8 Å². The average molecular weight is 297 g/mol. The highest BCUT2D eigenvalue weighted by Crippen LogP contribution is 2.29. The molecular weight excluding hydrogens is 282 g/mol. The maximum absolute atomic E-state index is 11.5. The van der Waals surface area contributed by atoms with Crippen molar-refractivity contribution in [3.05, 3.63) is 17.5 Å². The van der Waals surface area contributed by atoms with E-state index in [0.29, 0.717) is 0 Å². The van der Waals surface area contributed by atoms with Gasteiger partial charge in [-0.3, -0.25) is 4.79 Å². The molecule has 102 valence electrons. The number of aromatic nitrogens is 3. The Morgan fingerprint density at radius 2 is 2.37 bits per heavy atom. The second kappa shape index (κ2) is 6.21. The Morgan fingerprint density at radius 1 is 1.58 bits per heavy atom. The van der Waals surface area contributed by atoms with Crippen molar-refractivity contribution in [2.24, 2.45) is 0 Å². The summed E-state index contributed by atoms with van der Waals surface area (Å²) in [5.41, 5.74) is 0. The molecule has 7 heteroatoms. The summed E-state index contributed by atoms with van der Waals surface area (Å²) in [7, 11) is 1.39. The molecule has 2 aromatic heterocycles. The van der Waals surface area contributed by atoms with E-state index in [1.54, 1.807) is 18.3 Å². The molecule has 0 aliphatic carbocycles. The summed E-state index contributed by atoms with van der Waals surface area (Å²) in [4.78, 5) is 12.5. The molecule has 2 aromatic rings. The number of thioether (sulfide) groups is 1. The lowest BCUT2D eigenvalue weighted by Gasteiger charge is -2.09. The highest BCUT2D eigenvalue weighted by molar-refractivity contribution is 8.00. The molecule has 0 fully saturated rings. The SMILES string of the molecule is CCn1c(SC(C)C(=O)OC)nnc1-c1cccs1. The zero-order chi connectivity index (χ0) is 13.8. The Kier molecular flexibility index (Phi) is 4.60. The fraction of sp³-hybridized carbons (Fsp3) is 0.417. The van der Waals surface area contributed by atoms with Crippen LogP contribution in [0.25, 0.3) is 10.7 Å². The van der Waals surface area contributed by atoms with Crippen LogP contribution in [0.2, 0.25) is 0 Å². The van der Waals surface area contributed by atoms with Gasteiger partial charge in [-0.1, -0.05) is 17.8 Å². The van der Waals surface area contributed by atoms with Gasteiger partial charge in [0.15, 0.2) is 11.0 Å². The molecule has 2 rings (SSSR count). The van der Waals surface area contributed by atoms with Gasteiger partial charge in [0, 0.05) is 6.54 Å². The maximum Gasteiger partial charge on any atom is 0.318 e.